The number of carbonyl (C=O) groups is 2. The number of amides is 2. The van der Waals surface area contributed by atoms with Gasteiger partial charge in [-0.1, -0.05) is 6.92 Å². The molecule has 1 aliphatic carbocycles. The van der Waals surface area contributed by atoms with Gasteiger partial charge in [-0.05, 0) is 35.4 Å². The summed E-state index contributed by atoms with van der Waals surface area (Å²) in [5.74, 6) is 1.58. The van der Waals surface area contributed by atoms with Gasteiger partial charge in [0.25, 0.3) is 5.91 Å². The summed E-state index contributed by atoms with van der Waals surface area (Å²) in [6, 6.07) is 5.36. The lowest BCUT2D eigenvalue weighted by Crippen LogP contribution is -2.33. The Morgan fingerprint density at radius 2 is 2.19 bits per heavy atom. The first-order valence-corrected chi connectivity index (χ1v) is 8.71. The van der Waals surface area contributed by atoms with Gasteiger partial charge >= 0.3 is 0 Å². The van der Waals surface area contributed by atoms with Crippen molar-refractivity contribution in [3.63, 3.8) is 0 Å². The molecule has 0 radical (unpaired) electrons. The van der Waals surface area contributed by atoms with Crippen LogP contribution in [-0.2, 0) is 4.79 Å². The summed E-state index contributed by atoms with van der Waals surface area (Å²) in [4.78, 5) is 27.7. The summed E-state index contributed by atoms with van der Waals surface area (Å²) in [7, 11) is 1.49. The Morgan fingerprint density at radius 3 is 2.85 bits per heavy atom. The highest BCUT2D eigenvalue weighted by Crippen LogP contribution is 2.52. The number of nitrogens with zero attached hydrogens (tertiary/aromatic N) is 1. The number of pyridine rings is 1. The van der Waals surface area contributed by atoms with Crippen molar-refractivity contribution in [2.45, 2.75) is 19.4 Å². The number of ether oxygens (including phenoxy) is 2. The highest BCUT2D eigenvalue weighted by atomic mass is 16.5. The van der Waals surface area contributed by atoms with Crippen LogP contribution in [0.25, 0.3) is 10.8 Å². The third-order valence-corrected chi connectivity index (χ3v) is 5.52. The van der Waals surface area contributed by atoms with E-state index in [2.05, 4.69) is 17.2 Å². The summed E-state index contributed by atoms with van der Waals surface area (Å²) in [5.41, 5.74) is 5.73. The fraction of sp³-hybridized carbons (Fsp3) is 0.421. The van der Waals surface area contributed by atoms with E-state index in [1.165, 1.54) is 7.11 Å². The van der Waals surface area contributed by atoms with Crippen LogP contribution < -0.4 is 20.5 Å². The van der Waals surface area contributed by atoms with E-state index in [1.807, 2.05) is 0 Å². The molecule has 2 aromatic rings. The molecule has 26 heavy (non-hydrogen) atoms. The first-order valence-electron chi connectivity index (χ1n) is 8.71. The predicted molar refractivity (Wildman–Crippen MR) is 95.0 cm³/mol. The molecular weight excluding hydrogens is 334 g/mol. The number of aromatic nitrogens is 1. The number of fused-ring (bicyclic) bond motifs is 2. The number of rotatable bonds is 6. The van der Waals surface area contributed by atoms with E-state index in [9.17, 15) is 9.59 Å². The van der Waals surface area contributed by atoms with Gasteiger partial charge in [0.1, 0.15) is 5.75 Å². The van der Waals surface area contributed by atoms with Gasteiger partial charge in [-0.3, -0.25) is 9.59 Å². The molecule has 1 aromatic heterocycles. The smallest absolute Gasteiger partial charge is 0.252 e. The zero-order valence-electron chi connectivity index (χ0n) is 14.7. The second-order valence-corrected chi connectivity index (χ2v) is 6.97. The second-order valence-electron chi connectivity index (χ2n) is 6.97. The Kier molecular flexibility index (Phi) is 3.94. The van der Waals surface area contributed by atoms with Crippen LogP contribution in [0.15, 0.2) is 24.4 Å². The molecule has 3 N–H and O–H groups in total. The Hall–Kier alpha value is -2.83. The minimum absolute atomic E-state index is 0.166. The van der Waals surface area contributed by atoms with Crippen LogP contribution in [0.4, 0.5) is 0 Å². The van der Waals surface area contributed by atoms with Gasteiger partial charge < -0.3 is 20.5 Å². The normalized spacial score (nSPS) is 26.3. The highest BCUT2D eigenvalue weighted by molar-refractivity contribution is 6.01. The molecule has 1 saturated heterocycles. The molecule has 2 aliphatic rings. The number of nitrogens with two attached hydrogens (primary N) is 1. The lowest BCUT2D eigenvalue weighted by molar-refractivity contribution is -0.121. The highest BCUT2D eigenvalue weighted by Gasteiger charge is 2.60. The summed E-state index contributed by atoms with van der Waals surface area (Å²) < 4.78 is 11.2. The fourth-order valence-electron chi connectivity index (χ4n) is 4.10. The molecule has 0 spiro atoms. The second kappa shape index (κ2) is 6.16. The number of hydrogen-bond acceptors (Lipinski definition) is 5. The van der Waals surface area contributed by atoms with Gasteiger partial charge in [0.15, 0.2) is 0 Å². The van der Waals surface area contributed by atoms with Crippen molar-refractivity contribution < 1.29 is 19.1 Å². The summed E-state index contributed by atoms with van der Waals surface area (Å²) in [6.07, 6.45) is 2.37. The number of primary amides is 1. The maximum atomic E-state index is 11.8. The van der Waals surface area contributed by atoms with Crippen molar-refractivity contribution in [3.8, 4) is 11.6 Å². The van der Waals surface area contributed by atoms with E-state index in [1.54, 1.807) is 24.4 Å². The minimum atomic E-state index is -0.548. The van der Waals surface area contributed by atoms with Crippen LogP contribution in [0.2, 0.25) is 0 Å². The zero-order chi connectivity index (χ0) is 18.4. The molecule has 7 heteroatoms. The largest absolute Gasteiger partial charge is 0.496 e. The number of nitrogens with one attached hydrogen (secondary N) is 1. The van der Waals surface area contributed by atoms with E-state index in [4.69, 9.17) is 15.2 Å². The van der Waals surface area contributed by atoms with Crippen LogP contribution in [0.5, 0.6) is 11.6 Å². The van der Waals surface area contributed by atoms with Gasteiger partial charge in [0, 0.05) is 30.0 Å². The molecule has 2 amide bonds. The topological polar surface area (TPSA) is 104 Å². The quantitative estimate of drug-likeness (QED) is 0.817. The molecule has 1 unspecified atom stereocenters. The Labute approximate surface area is 150 Å². The van der Waals surface area contributed by atoms with Gasteiger partial charge in [0.2, 0.25) is 11.8 Å². The van der Waals surface area contributed by atoms with Gasteiger partial charge in [0.05, 0.1) is 19.3 Å². The lowest BCUT2D eigenvalue weighted by Gasteiger charge is -2.16. The lowest BCUT2D eigenvalue weighted by atomic mass is 10.1. The van der Waals surface area contributed by atoms with Crippen molar-refractivity contribution in [3.05, 3.63) is 30.0 Å². The molecule has 1 aliphatic heterocycles. The molecule has 1 aromatic carbocycles. The number of benzene rings is 1. The van der Waals surface area contributed by atoms with E-state index >= 15 is 0 Å². The minimum Gasteiger partial charge on any atom is -0.496 e. The average Bonchev–Trinajstić information content (AvgIpc) is 3.18. The van der Waals surface area contributed by atoms with Crippen LogP contribution in [-0.4, -0.2) is 36.6 Å². The molecule has 7 nitrogen and oxygen atoms in total. The molecule has 0 bridgehead atoms. The van der Waals surface area contributed by atoms with Gasteiger partial charge in [-0.2, -0.15) is 0 Å². The molecule has 136 valence electrons. The monoisotopic (exact) mass is 355 g/mol. The van der Waals surface area contributed by atoms with E-state index < -0.39 is 5.91 Å². The summed E-state index contributed by atoms with van der Waals surface area (Å²) in [6.45, 7) is 2.57. The number of hydrogen-bond donors (Lipinski definition) is 2. The number of piperidine rings is 1. The maximum Gasteiger partial charge on any atom is 0.252 e. The molecule has 2 heterocycles. The van der Waals surface area contributed by atoms with Gasteiger partial charge in [-0.25, -0.2) is 4.98 Å². The summed E-state index contributed by atoms with van der Waals surface area (Å²) in [5, 5.41) is 4.59. The Bertz CT molecular complexity index is 898. The number of carbonyl (C=O) groups excluding carboxylic acids is 2. The standard InChI is InChI=1S/C19H21N3O4/c1-9-15-13(22-18(24)16(9)15)4-6-26-19-11-8-14(25-2)12(17(20)23)7-10(11)3-5-21-19/h3,5,7-9,13,15-16H,4,6H2,1-2H3,(H2,20,23)(H,22,24)/t9?,13-,15-,16-/m1/s1. The molecular formula is C19H21N3O4. The van der Waals surface area contributed by atoms with E-state index in [0.717, 1.165) is 17.2 Å². The van der Waals surface area contributed by atoms with Crippen molar-refractivity contribution >= 4 is 22.6 Å². The van der Waals surface area contributed by atoms with Crippen LogP contribution in [0.3, 0.4) is 0 Å². The van der Waals surface area contributed by atoms with Crippen molar-refractivity contribution in [1.29, 1.82) is 0 Å². The zero-order valence-corrected chi connectivity index (χ0v) is 14.7. The summed E-state index contributed by atoms with van der Waals surface area (Å²) >= 11 is 0. The SMILES string of the molecule is COc1cc2c(OCC[C@H]3NC(=O)[C@@H]4C(C)[C@@H]43)nccc2cc1C(N)=O. The van der Waals surface area contributed by atoms with Crippen LogP contribution in [0, 0.1) is 17.8 Å². The van der Waals surface area contributed by atoms with Crippen molar-refractivity contribution in [2.75, 3.05) is 13.7 Å². The van der Waals surface area contributed by atoms with E-state index in [0.29, 0.717) is 35.6 Å². The molecule has 2 fully saturated rings. The molecule has 4 rings (SSSR count). The third-order valence-electron chi connectivity index (χ3n) is 5.52. The van der Waals surface area contributed by atoms with Crippen LogP contribution >= 0.6 is 0 Å². The predicted octanol–water partition coefficient (Wildman–Crippen LogP) is 1.49. The maximum absolute atomic E-state index is 11.8. The fourth-order valence-corrected chi connectivity index (χ4v) is 4.10. The average molecular weight is 355 g/mol. The van der Waals surface area contributed by atoms with Crippen molar-refractivity contribution in [1.82, 2.24) is 10.3 Å². The number of methoxy groups -OCH3 is 1. The van der Waals surface area contributed by atoms with Crippen LogP contribution in [0.1, 0.15) is 23.7 Å². The first kappa shape index (κ1) is 16.6. The van der Waals surface area contributed by atoms with Gasteiger partial charge in [-0.15, -0.1) is 0 Å². The molecule has 1 saturated carbocycles. The Morgan fingerprint density at radius 1 is 1.38 bits per heavy atom. The third kappa shape index (κ3) is 2.64. The first-order chi connectivity index (χ1) is 12.5. The molecule has 4 atom stereocenters. The van der Waals surface area contributed by atoms with Crippen molar-refractivity contribution in [2.24, 2.45) is 23.5 Å². The Balaban J connectivity index is 1.51. The van der Waals surface area contributed by atoms with E-state index in [-0.39, 0.29) is 17.9 Å².